The molecule has 2 heterocycles. The van der Waals surface area contributed by atoms with Crippen LogP contribution in [0.2, 0.25) is 0 Å². The van der Waals surface area contributed by atoms with Crippen LogP contribution in [0.5, 0.6) is 0 Å². The minimum Gasteiger partial charge on any atom is -0.464 e. The number of nitrogens with zero attached hydrogens (tertiary/aromatic N) is 2. The zero-order valence-corrected chi connectivity index (χ0v) is 15.2. The summed E-state index contributed by atoms with van der Waals surface area (Å²) in [6.45, 7) is 1.93. The zero-order chi connectivity index (χ0) is 18.7. The summed E-state index contributed by atoms with van der Waals surface area (Å²) >= 11 is 5.25. The molecule has 0 aliphatic rings. The standard InChI is InChI=1S/C5H4BrNO2S.C5H5NO2S.C2H6O.CH4/c1-9-4(8)3-2-10-5(6)7-3;1-8-5(7)4-2-9-3-6-4;1-2-3;/h2H,1H3;2-3H,1H3;3H,2H2,1H3;1H4/i2*2D;;. The predicted molar refractivity (Wildman–Crippen MR) is 94.1 cm³/mol. The maximum absolute atomic E-state index is 10.8. The average Bonchev–Trinajstić information content (AvgIpc) is 3.12. The van der Waals surface area contributed by atoms with Crippen LogP contribution in [0.4, 0.5) is 0 Å². The topological polar surface area (TPSA) is 98.6 Å². The Kier molecular flexibility index (Phi) is 12.2. The molecule has 0 bridgehead atoms. The van der Waals surface area contributed by atoms with E-state index in [1.165, 1.54) is 19.7 Å². The number of rotatable bonds is 2. The first-order chi connectivity index (χ1) is 11.3. The van der Waals surface area contributed by atoms with Crippen molar-refractivity contribution < 1.29 is 26.9 Å². The molecule has 2 rings (SSSR count). The lowest BCUT2D eigenvalue weighted by Gasteiger charge is -1.89. The minimum absolute atomic E-state index is 0. The molecular weight excluding hydrogens is 408 g/mol. The molecule has 1 N–H and O–H groups in total. The highest BCUT2D eigenvalue weighted by molar-refractivity contribution is 9.11. The molecule has 0 atom stereocenters. The lowest BCUT2D eigenvalue weighted by Crippen LogP contribution is -2.00. The average molecular weight is 429 g/mol. The quantitative estimate of drug-likeness (QED) is 0.732. The summed E-state index contributed by atoms with van der Waals surface area (Å²) in [6, 6.07) is 0. The molecule has 0 fully saturated rings. The highest BCUT2D eigenvalue weighted by Crippen LogP contribution is 2.15. The fourth-order valence-corrected chi connectivity index (χ4v) is 2.11. The SMILES string of the molecule is C.CCO.[2H]c1sc(Br)nc1C(=O)OC.[2H]c1scnc1C(=O)OC. The highest BCUT2D eigenvalue weighted by Gasteiger charge is 2.08. The summed E-state index contributed by atoms with van der Waals surface area (Å²) < 4.78 is 23.7. The molecule has 130 valence electrons. The lowest BCUT2D eigenvalue weighted by atomic mass is 10.5. The van der Waals surface area contributed by atoms with Crippen LogP contribution in [0.1, 0.15) is 38.1 Å². The first-order valence-corrected chi connectivity index (χ1v) is 8.11. The van der Waals surface area contributed by atoms with Gasteiger partial charge in [-0.05, 0) is 22.9 Å². The molecular formula is C13H19BrN2O5S2. The Balaban J connectivity index is 0. The maximum Gasteiger partial charge on any atom is 0.357 e. The smallest absolute Gasteiger partial charge is 0.357 e. The molecule has 7 nitrogen and oxygen atoms in total. The van der Waals surface area contributed by atoms with Gasteiger partial charge in [0.25, 0.3) is 0 Å². The van der Waals surface area contributed by atoms with Crippen LogP contribution >= 0.6 is 38.6 Å². The Morgan fingerprint density at radius 1 is 1.30 bits per heavy atom. The molecule has 0 spiro atoms. The van der Waals surface area contributed by atoms with E-state index in [1.807, 2.05) is 0 Å². The summed E-state index contributed by atoms with van der Waals surface area (Å²) in [5, 5.41) is 7.83. The van der Waals surface area contributed by atoms with Crippen molar-refractivity contribution in [1.82, 2.24) is 9.97 Å². The molecule has 0 radical (unpaired) electrons. The lowest BCUT2D eigenvalue weighted by molar-refractivity contribution is 0.0586. The van der Waals surface area contributed by atoms with E-state index in [9.17, 15) is 9.59 Å². The number of methoxy groups -OCH3 is 2. The first kappa shape index (κ1) is 19.7. The number of halogens is 1. The number of hydrogen-bond donors (Lipinski definition) is 1. The molecule has 0 amide bonds. The highest BCUT2D eigenvalue weighted by atomic mass is 79.9. The summed E-state index contributed by atoms with van der Waals surface area (Å²) in [5.41, 5.74) is 1.59. The molecule has 0 aliphatic carbocycles. The number of thiazole rings is 2. The Morgan fingerprint density at radius 3 is 2.17 bits per heavy atom. The van der Waals surface area contributed by atoms with E-state index in [4.69, 9.17) is 7.85 Å². The van der Waals surface area contributed by atoms with Crippen molar-refractivity contribution in [2.75, 3.05) is 20.8 Å². The third-order valence-corrected chi connectivity index (χ3v) is 3.32. The van der Waals surface area contributed by atoms with E-state index < -0.39 is 11.9 Å². The second-order valence-electron chi connectivity index (χ2n) is 3.02. The van der Waals surface area contributed by atoms with Gasteiger partial charge in [-0.15, -0.1) is 22.7 Å². The van der Waals surface area contributed by atoms with Crippen molar-refractivity contribution in [2.24, 2.45) is 0 Å². The number of aliphatic hydroxyl groups excluding tert-OH is 1. The van der Waals surface area contributed by atoms with Gasteiger partial charge < -0.3 is 14.6 Å². The van der Waals surface area contributed by atoms with E-state index in [-0.39, 0.29) is 36.1 Å². The maximum atomic E-state index is 10.8. The molecule has 2 aromatic rings. The summed E-state index contributed by atoms with van der Waals surface area (Å²) in [7, 11) is 2.52. The molecule has 0 aromatic carbocycles. The molecule has 0 saturated carbocycles. The van der Waals surface area contributed by atoms with Gasteiger partial charge in [-0.1, -0.05) is 7.43 Å². The van der Waals surface area contributed by atoms with Crippen molar-refractivity contribution in [3.05, 3.63) is 31.5 Å². The number of carbonyl (C=O) groups is 2. The largest absolute Gasteiger partial charge is 0.464 e. The fourth-order valence-electron chi connectivity index (χ4n) is 0.787. The normalized spacial score (nSPS) is 9.61. The third kappa shape index (κ3) is 10.1. The zero-order valence-electron chi connectivity index (χ0n) is 14.0. The van der Waals surface area contributed by atoms with Gasteiger partial charge in [-0.3, -0.25) is 0 Å². The van der Waals surface area contributed by atoms with Crippen molar-refractivity contribution in [3.63, 3.8) is 0 Å². The number of aliphatic hydroxyl groups is 1. The van der Waals surface area contributed by atoms with Crippen LogP contribution in [-0.4, -0.2) is 47.8 Å². The fraction of sp³-hybridized carbons (Fsp3) is 0.385. The van der Waals surface area contributed by atoms with Crippen LogP contribution < -0.4 is 0 Å². The van der Waals surface area contributed by atoms with Crippen LogP contribution in [-0.2, 0) is 9.47 Å². The van der Waals surface area contributed by atoms with Crippen molar-refractivity contribution in [2.45, 2.75) is 14.4 Å². The number of hydrogen-bond acceptors (Lipinski definition) is 9. The minimum atomic E-state index is -0.572. The van der Waals surface area contributed by atoms with Gasteiger partial charge in [0.05, 0.1) is 22.5 Å². The van der Waals surface area contributed by atoms with Crippen molar-refractivity contribution in [3.8, 4) is 0 Å². The summed E-state index contributed by atoms with van der Waals surface area (Å²) in [6.07, 6.45) is 0. The number of ether oxygens (including phenoxy) is 2. The Morgan fingerprint density at radius 2 is 1.83 bits per heavy atom. The van der Waals surface area contributed by atoms with Gasteiger partial charge in [0.1, 0.15) is 0 Å². The second kappa shape index (κ2) is 14.2. The van der Waals surface area contributed by atoms with Gasteiger partial charge in [0.15, 0.2) is 15.3 Å². The predicted octanol–water partition coefficient (Wildman–Crippen LogP) is 3.26. The number of carbonyl (C=O) groups excluding carboxylic acids is 2. The summed E-state index contributed by atoms with van der Waals surface area (Å²) in [4.78, 5) is 28.9. The van der Waals surface area contributed by atoms with Gasteiger partial charge in [-0.2, -0.15) is 0 Å². The van der Waals surface area contributed by atoms with E-state index in [2.05, 4.69) is 35.4 Å². The van der Waals surface area contributed by atoms with Crippen molar-refractivity contribution >= 4 is 50.5 Å². The van der Waals surface area contributed by atoms with E-state index in [0.717, 1.165) is 22.7 Å². The van der Waals surface area contributed by atoms with E-state index >= 15 is 0 Å². The van der Waals surface area contributed by atoms with Crippen LogP contribution in [0.3, 0.4) is 0 Å². The third-order valence-electron chi connectivity index (χ3n) is 1.58. The molecule has 0 saturated heterocycles. The Labute approximate surface area is 154 Å². The second-order valence-corrected chi connectivity index (χ2v) is 5.74. The van der Waals surface area contributed by atoms with Crippen LogP contribution in [0.25, 0.3) is 0 Å². The van der Waals surface area contributed by atoms with Crippen LogP contribution in [0, 0.1) is 0 Å². The van der Waals surface area contributed by atoms with E-state index in [1.54, 1.807) is 6.92 Å². The molecule has 23 heavy (non-hydrogen) atoms. The van der Waals surface area contributed by atoms with E-state index in [0.29, 0.717) is 3.92 Å². The monoisotopic (exact) mass is 428 g/mol. The Bertz CT molecular complexity index is 667. The first-order valence-electron chi connectivity index (χ1n) is 6.62. The molecule has 10 heteroatoms. The van der Waals surface area contributed by atoms with Crippen molar-refractivity contribution in [1.29, 1.82) is 0 Å². The Hall–Kier alpha value is -1.36. The van der Waals surface area contributed by atoms with Gasteiger partial charge in [0.2, 0.25) is 0 Å². The number of aromatic nitrogens is 2. The molecule has 0 unspecified atom stereocenters. The summed E-state index contributed by atoms with van der Waals surface area (Å²) in [5.74, 6) is -1.12. The van der Waals surface area contributed by atoms with Gasteiger partial charge in [-0.25, -0.2) is 19.6 Å². The molecule has 2 aromatic heterocycles. The van der Waals surface area contributed by atoms with Crippen LogP contribution in [0.15, 0.2) is 20.1 Å². The van der Waals surface area contributed by atoms with Gasteiger partial charge in [0, 0.05) is 17.3 Å². The number of esters is 2. The van der Waals surface area contributed by atoms with Gasteiger partial charge >= 0.3 is 11.9 Å². The molecule has 0 aliphatic heterocycles.